The van der Waals surface area contributed by atoms with Crippen molar-refractivity contribution in [3.8, 4) is 0 Å². The van der Waals surface area contributed by atoms with E-state index < -0.39 is 0 Å². The first-order valence-electron chi connectivity index (χ1n) is 11.0. The number of nitrogens with zero attached hydrogens (tertiary/aromatic N) is 1. The number of rotatable bonds is 16. The molecule has 0 spiro atoms. The maximum Gasteiger partial charge on any atom is 0.104 e. The first kappa shape index (κ1) is 25.7. The Morgan fingerprint density at radius 3 is 1.50 bits per heavy atom. The molecule has 0 N–H and O–H groups in total. The molecular formula is C24H44BrN. The van der Waals surface area contributed by atoms with Gasteiger partial charge in [0.05, 0.1) is 20.6 Å². The molecule has 0 aliphatic rings. The molecule has 1 rings (SSSR count). The quantitative estimate of drug-likeness (QED) is 0.272. The Hall–Kier alpha value is -0.340. The van der Waals surface area contributed by atoms with Crippen LogP contribution < -0.4 is 17.0 Å². The molecular weight excluding hydrogens is 382 g/mol. The van der Waals surface area contributed by atoms with Crippen LogP contribution >= 0.6 is 0 Å². The fourth-order valence-electron chi connectivity index (χ4n) is 3.71. The minimum Gasteiger partial charge on any atom is -1.00 e. The summed E-state index contributed by atoms with van der Waals surface area (Å²) in [4.78, 5) is 0. The van der Waals surface area contributed by atoms with Crippen LogP contribution in [0.25, 0.3) is 0 Å². The molecule has 0 aliphatic heterocycles. The Morgan fingerprint density at radius 1 is 0.615 bits per heavy atom. The minimum absolute atomic E-state index is 0. The van der Waals surface area contributed by atoms with E-state index in [0.717, 1.165) is 11.0 Å². The SMILES string of the molecule is CCCCCCCCCCCCCCC[N+](C)(C)Cc1ccccc1.[Br-]. The Kier molecular flexibility index (Phi) is 16.6. The van der Waals surface area contributed by atoms with Crippen molar-refractivity contribution in [3.05, 3.63) is 35.9 Å². The average Bonchev–Trinajstić information content (AvgIpc) is 2.59. The van der Waals surface area contributed by atoms with Gasteiger partial charge >= 0.3 is 0 Å². The van der Waals surface area contributed by atoms with Crippen molar-refractivity contribution in [2.24, 2.45) is 0 Å². The predicted octanol–water partition coefficient (Wildman–Crippen LogP) is 4.36. The third-order valence-corrected chi connectivity index (χ3v) is 5.32. The van der Waals surface area contributed by atoms with Gasteiger partial charge in [0.2, 0.25) is 0 Å². The van der Waals surface area contributed by atoms with Crippen LogP contribution in [-0.4, -0.2) is 25.1 Å². The van der Waals surface area contributed by atoms with Gasteiger partial charge in [-0.15, -0.1) is 0 Å². The number of halogens is 1. The standard InChI is InChI=1S/C24H44N.BrH/c1-4-5-6-7-8-9-10-11-12-13-14-15-19-22-25(2,3)23-24-20-17-16-18-21-24;/h16-18,20-21H,4-15,19,22-23H2,1-3H3;1H/q+1;/p-1. The summed E-state index contributed by atoms with van der Waals surface area (Å²) in [5, 5.41) is 0. The lowest BCUT2D eigenvalue weighted by atomic mass is 10.0. The Bertz CT molecular complexity index is 402. The fourth-order valence-corrected chi connectivity index (χ4v) is 3.71. The molecule has 0 aromatic heterocycles. The summed E-state index contributed by atoms with van der Waals surface area (Å²) in [6, 6.07) is 10.9. The molecule has 0 unspecified atom stereocenters. The van der Waals surface area contributed by atoms with Crippen molar-refractivity contribution in [1.29, 1.82) is 0 Å². The molecule has 0 atom stereocenters. The monoisotopic (exact) mass is 425 g/mol. The summed E-state index contributed by atoms with van der Waals surface area (Å²) in [7, 11) is 4.74. The molecule has 1 aromatic carbocycles. The summed E-state index contributed by atoms with van der Waals surface area (Å²) in [5.74, 6) is 0. The highest BCUT2D eigenvalue weighted by atomic mass is 79.9. The lowest BCUT2D eigenvalue weighted by molar-refractivity contribution is -0.903. The van der Waals surface area contributed by atoms with Gasteiger partial charge in [-0.1, -0.05) is 108 Å². The Balaban J connectivity index is 0.00000625. The van der Waals surface area contributed by atoms with E-state index in [4.69, 9.17) is 0 Å². The lowest BCUT2D eigenvalue weighted by Crippen LogP contribution is -3.00. The number of hydrogen-bond acceptors (Lipinski definition) is 0. The summed E-state index contributed by atoms with van der Waals surface area (Å²) in [6.45, 7) is 4.75. The summed E-state index contributed by atoms with van der Waals surface area (Å²) < 4.78 is 1.11. The van der Waals surface area contributed by atoms with Crippen LogP contribution in [0.5, 0.6) is 0 Å². The maximum atomic E-state index is 2.37. The molecule has 26 heavy (non-hydrogen) atoms. The summed E-state index contributed by atoms with van der Waals surface area (Å²) in [6.07, 6.45) is 18.7. The topological polar surface area (TPSA) is 0 Å². The average molecular weight is 427 g/mol. The molecule has 0 saturated carbocycles. The van der Waals surface area contributed by atoms with Gasteiger partial charge in [0.1, 0.15) is 6.54 Å². The second-order valence-corrected chi connectivity index (χ2v) is 8.55. The van der Waals surface area contributed by atoms with Crippen LogP contribution in [0.2, 0.25) is 0 Å². The first-order valence-corrected chi connectivity index (χ1v) is 11.0. The predicted molar refractivity (Wildman–Crippen MR) is 113 cm³/mol. The van der Waals surface area contributed by atoms with Gasteiger partial charge < -0.3 is 21.5 Å². The Labute approximate surface area is 174 Å². The number of benzene rings is 1. The highest BCUT2D eigenvalue weighted by molar-refractivity contribution is 5.13. The highest BCUT2D eigenvalue weighted by Gasteiger charge is 2.14. The second kappa shape index (κ2) is 16.8. The van der Waals surface area contributed by atoms with E-state index in [1.165, 1.54) is 95.6 Å². The van der Waals surface area contributed by atoms with Crippen LogP contribution in [0.1, 0.15) is 96.0 Å². The van der Waals surface area contributed by atoms with Gasteiger partial charge in [0, 0.05) is 5.56 Å². The van der Waals surface area contributed by atoms with Crippen LogP contribution in [0, 0.1) is 0 Å². The van der Waals surface area contributed by atoms with E-state index in [1.54, 1.807) is 0 Å². The number of unbranched alkanes of at least 4 members (excludes halogenated alkanes) is 12. The third kappa shape index (κ3) is 14.8. The van der Waals surface area contributed by atoms with Crippen LogP contribution in [-0.2, 0) is 6.54 Å². The zero-order valence-corrected chi connectivity index (χ0v) is 19.4. The van der Waals surface area contributed by atoms with E-state index >= 15 is 0 Å². The molecule has 152 valence electrons. The van der Waals surface area contributed by atoms with E-state index in [9.17, 15) is 0 Å². The van der Waals surface area contributed by atoms with Crippen molar-refractivity contribution in [2.45, 2.75) is 96.9 Å². The molecule has 0 saturated heterocycles. The van der Waals surface area contributed by atoms with E-state index in [2.05, 4.69) is 51.4 Å². The molecule has 0 aliphatic carbocycles. The fraction of sp³-hybridized carbons (Fsp3) is 0.750. The van der Waals surface area contributed by atoms with E-state index in [1.807, 2.05) is 0 Å². The van der Waals surface area contributed by atoms with E-state index in [-0.39, 0.29) is 17.0 Å². The third-order valence-electron chi connectivity index (χ3n) is 5.32. The van der Waals surface area contributed by atoms with Crippen LogP contribution in [0.3, 0.4) is 0 Å². The number of quaternary nitrogens is 1. The van der Waals surface area contributed by atoms with Crippen molar-refractivity contribution < 1.29 is 21.5 Å². The smallest absolute Gasteiger partial charge is 0.104 e. The van der Waals surface area contributed by atoms with Crippen LogP contribution in [0.15, 0.2) is 30.3 Å². The molecule has 2 heteroatoms. The van der Waals surface area contributed by atoms with E-state index in [0.29, 0.717) is 0 Å². The molecule has 0 amide bonds. The van der Waals surface area contributed by atoms with Gasteiger partial charge in [0.25, 0.3) is 0 Å². The van der Waals surface area contributed by atoms with Crippen molar-refractivity contribution in [1.82, 2.24) is 0 Å². The second-order valence-electron chi connectivity index (χ2n) is 8.55. The minimum atomic E-state index is 0. The maximum absolute atomic E-state index is 2.37. The molecule has 1 aromatic rings. The first-order chi connectivity index (χ1) is 12.1. The van der Waals surface area contributed by atoms with Gasteiger partial charge in [-0.05, 0) is 12.8 Å². The molecule has 0 bridgehead atoms. The lowest BCUT2D eigenvalue weighted by Gasteiger charge is -2.30. The van der Waals surface area contributed by atoms with Gasteiger partial charge in [-0.3, -0.25) is 0 Å². The molecule has 1 nitrogen and oxygen atoms in total. The molecule has 0 radical (unpaired) electrons. The molecule has 0 heterocycles. The van der Waals surface area contributed by atoms with Crippen molar-refractivity contribution in [2.75, 3.05) is 20.6 Å². The number of hydrogen-bond donors (Lipinski definition) is 0. The van der Waals surface area contributed by atoms with Gasteiger partial charge in [-0.25, -0.2) is 0 Å². The zero-order chi connectivity index (χ0) is 18.2. The van der Waals surface area contributed by atoms with Gasteiger partial charge in [-0.2, -0.15) is 0 Å². The summed E-state index contributed by atoms with van der Waals surface area (Å²) >= 11 is 0. The largest absolute Gasteiger partial charge is 1.00 e. The van der Waals surface area contributed by atoms with Crippen LogP contribution in [0.4, 0.5) is 0 Å². The zero-order valence-electron chi connectivity index (χ0n) is 17.8. The van der Waals surface area contributed by atoms with Crippen molar-refractivity contribution >= 4 is 0 Å². The van der Waals surface area contributed by atoms with Gasteiger partial charge in [0.15, 0.2) is 0 Å². The highest BCUT2D eigenvalue weighted by Crippen LogP contribution is 2.14. The molecule has 0 fully saturated rings. The normalized spacial score (nSPS) is 11.3. The van der Waals surface area contributed by atoms with Crippen molar-refractivity contribution in [3.63, 3.8) is 0 Å². The summed E-state index contributed by atoms with van der Waals surface area (Å²) in [5.41, 5.74) is 1.46. The Morgan fingerprint density at radius 2 is 1.04 bits per heavy atom.